The van der Waals surface area contributed by atoms with Crippen LogP contribution in [-0.4, -0.2) is 52.7 Å². The van der Waals surface area contributed by atoms with Crippen molar-refractivity contribution in [3.8, 4) is 5.75 Å². The van der Waals surface area contributed by atoms with Crippen molar-refractivity contribution < 1.29 is 19.1 Å². The molecular formula is C27H29N5O4S. The highest BCUT2D eigenvalue weighted by molar-refractivity contribution is 7.10. The van der Waals surface area contributed by atoms with Crippen molar-refractivity contribution in [3.05, 3.63) is 70.9 Å². The Morgan fingerprint density at radius 2 is 2.03 bits per heavy atom. The summed E-state index contributed by atoms with van der Waals surface area (Å²) in [5.74, 6) is 0.144. The highest BCUT2D eigenvalue weighted by atomic mass is 32.1. The number of carbonyl (C=O) groups excluding carboxylic acids is 2. The van der Waals surface area contributed by atoms with Gasteiger partial charge in [-0.25, -0.2) is 4.68 Å². The van der Waals surface area contributed by atoms with Crippen molar-refractivity contribution in [2.45, 2.75) is 38.5 Å². The van der Waals surface area contributed by atoms with Gasteiger partial charge in [-0.1, -0.05) is 23.4 Å². The van der Waals surface area contributed by atoms with Crippen molar-refractivity contribution >= 4 is 39.9 Å². The lowest BCUT2D eigenvalue weighted by molar-refractivity contribution is -0.127. The Bertz CT molecular complexity index is 1330. The SMILES string of the molecule is CCOc1ccc(N(C(=O)Cn2nnc3ccccc32)C(C(=O)NCC2CCCO2)c2cccs2)cc1. The van der Waals surface area contributed by atoms with Gasteiger partial charge in [0, 0.05) is 23.7 Å². The van der Waals surface area contributed by atoms with Gasteiger partial charge in [-0.15, -0.1) is 16.4 Å². The number of nitrogens with zero attached hydrogens (tertiary/aromatic N) is 4. The summed E-state index contributed by atoms with van der Waals surface area (Å²) in [4.78, 5) is 30.0. The second kappa shape index (κ2) is 11.5. The molecule has 0 saturated carbocycles. The quantitative estimate of drug-likeness (QED) is 0.341. The van der Waals surface area contributed by atoms with Crippen LogP contribution in [0.1, 0.15) is 30.7 Å². The first-order chi connectivity index (χ1) is 18.1. The van der Waals surface area contributed by atoms with E-state index in [1.165, 1.54) is 11.3 Å². The van der Waals surface area contributed by atoms with Gasteiger partial charge in [0.2, 0.25) is 11.8 Å². The molecule has 1 aliphatic heterocycles. The predicted octanol–water partition coefficient (Wildman–Crippen LogP) is 3.96. The topological polar surface area (TPSA) is 98.6 Å². The van der Waals surface area contributed by atoms with Gasteiger partial charge in [0.25, 0.3) is 0 Å². The number of fused-ring (bicyclic) bond motifs is 1. The van der Waals surface area contributed by atoms with Crippen molar-refractivity contribution in [2.24, 2.45) is 0 Å². The van der Waals surface area contributed by atoms with Gasteiger partial charge in [-0.3, -0.25) is 14.5 Å². The number of thiophene rings is 1. The zero-order valence-electron chi connectivity index (χ0n) is 20.6. The molecular weight excluding hydrogens is 490 g/mol. The fraction of sp³-hybridized carbons (Fsp3) is 0.333. The van der Waals surface area contributed by atoms with E-state index in [1.54, 1.807) is 33.8 Å². The van der Waals surface area contributed by atoms with Crippen LogP contribution in [-0.2, 0) is 20.9 Å². The average molecular weight is 520 g/mol. The Morgan fingerprint density at radius 1 is 1.19 bits per heavy atom. The van der Waals surface area contributed by atoms with Crippen LogP contribution in [0.15, 0.2) is 66.0 Å². The molecule has 1 fully saturated rings. The monoisotopic (exact) mass is 519 g/mol. The number of carbonyl (C=O) groups is 2. The predicted molar refractivity (Wildman–Crippen MR) is 142 cm³/mol. The number of amides is 2. The molecule has 10 heteroatoms. The van der Waals surface area contributed by atoms with E-state index in [4.69, 9.17) is 9.47 Å². The third kappa shape index (κ3) is 5.65. The van der Waals surface area contributed by atoms with E-state index >= 15 is 0 Å². The molecule has 0 radical (unpaired) electrons. The maximum Gasteiger partial charge on any atom is 0.249 e. The number of nitrogens with one attached hydrogen (secondary N) is 1. The van der Waals surface area contributed by atoms with Crippen LogP contribution >= 0.6 is 11.3 Å². The smallest absolute Gasteiger partial charge is 0.249 e. The lowest BCUT2D eigenvalue weighted by Gasteiger charge is -2.31. The molecule has 1 saturated heterocycles. The summed E-state index contributed by atoms with van der Waals surface area (Å²) >= 11 is 1.43. The lowest BCUT2D eigenvalue weighted by Crippen LogP contribution is -2.46. The van der Waals surface area contributed by atoms with Crippen LogP contribution in [0.2, 0.25) is 0 Å². The number of rotatable bonds is 10. The number of para-hydroxylation sites is 1. The highest BCUT2D eigenvalue weighted by Crippen LogP contribution is 2.32. The van der Waals surface area contributed by atoms with E-state index in [2.05, 4.69) is 15.6 Å². The molecule has 2 atom stereocenters. The Labute approximate surface area is 219 Å². The van der Waals surface area contributed by atoms with Gasteiger partial charge in [0.1, 0.15) is 23.9 Å². The Hall–Kier alpha value is -3.76. The second-order valence-electron chi connectivity index (χ2n) is 8.72. The fourth-order valence-corrected chi connectivity index (χ4v) is 5.29. The zero-order chi connectivity index (χ0) is 25.6. The minimum absolute atomic E-state index is 0.0101. The van der Waals surface area contributed by atoms with E-state index in [9.17, 15) is 9.59 Å². The molecule has 0 aliphatic carbocycles. The average Bonchev–Trinajstić information content (AvgIpc) is 3.70. The van der Waals surface area contributed by atoms with Crippen molar-refractivity contribution in [2.75, 3.05) is 24.7 Å². The highest BCUT2D eigenvalue weighted by Gasteiger charge is 2.34. The van der Waals surface area contributed by atoms with E-state index in [1.807, 2.05) is 48.7 Å². The molecule has 2 aromatic heterocycles. The summed E-state index contributed by atoms with van der Waals surface area (Å²) in [7, 11) is 0. The van der Waals surface area contributed by atoms with Crippen molar-refractivity contribution in [1.82, 2.24) is 20.3 Å². The first-order valence-electron chi connectivity index (χ1n) is 12.4. The molecule has 4 aromatic rings. The Balaban J connectivity index is 1.49. The van der Waals surface area contributed by atoms with Crippen LogP contribution in [0, 0.1) is 0 Å². The molecule has 192 valence electrons. The first kappa shape index (κ1) is 24.9. The van der Waals surface area contributed by atoms with Crippen LogP contribution in [0.3, 0.4) is 0 Å². The van der Waals surface area contributed by atoms with Crippen molar-refractivity contribution in [1.29, 1.82) is 0 Å². The summed E-state index contributed by atoms with van der Waals surface area (Å²) in [6.45, 7) is 3.48. The molecule has 37 heavy (non-hydrogen) atoms. The largest absolute Gasteiger partial charge is 0.494 e. The minimum Gasteiger partial charge on any atom is -0.494 e. The number of anilines is 1. The molecule has 2 amide bonds. The fourth-order valence-electron chi connectivity index (χ4n) is 4.48. The summed E-state index contributed by atoms with van der Waals surface area (Å²) in [5, 5.41) is 13.3. The van der Waals surface area contributed by atoms with Crippen LogP contribution in [0.4, 0.5) is 5.69 Å². The van der Waals surface area contributed by atoms with Gasteiger partial charge >= 0.3 is 0 Å². The van der Waals surface area contributed by atoms with Crippen LogP contribution in [0.25, 0.3) is 11.0 Å². The number of hydrogen-bond donors (Lipinski definition) is 1. The molecule has 2 aromatic carbocycles. The number of hydrogen-bond acceptors (Lipinski definition) is 7. The molecule has 9 nitrogen and oxygen atoms in total. The molecule has 1 aliphatic rings. The maximum absolute atomic E-state index is 14.0. The minimum atomic E-state index is -0.860. The third-order valence-corrected chi connectivity index (χ3v) is 7.17. The lowest BCUT2D eigenvalue weighted by atomic mass is 10.1. The van der Waals surface area contributed by atoms with Crippen molar-refractivity contribution in [3.63, 3.8) is 0 Å². The van der Waals surface area contributed by atoms with Gasteiger partial charge in [-0.2, -0.15) is 0 Å². The van der Waals surface area contributed by atoms with Crippen LogP contribution < -0.4 is 15.0 Å². The molecule has 5 rings (SSSR count). The molecule has 3 heterocycles. The van der Waals surface area contributed by atoms with E-state index in [-0.39, 0.29) is 24.5 Å². The number of benzene rings is 2. The van der Waals surface area contributed by atoms with Gasteiger partial charge in [-0.05, 0) is 67.6 Å². The summed E-state index contributed by atoms with van der Waals surface area (Å²) in [6, 6.07) is 17.6. The number of ether oxygens (including phenoxy) is 2. The molecule has 1 N–H and O–H groups in total. The zero-order valence-corrected chi connectivity index (χ0v) is 21.4. The Kier molecular flexibility index (Phi) is 7.76. The summed E-state index contributed by atoms with van der Waals surface area (Å²) in [5.41, 5.74) is 2.04. The summed E-state index contributed by atoms with van der Waals surface area (Å²) < 4.78 is 12.8. The summed E-state index contributed by atoms with van der Waals surface area (Å²) in [6.07, 6.45) is 1.88. The van der Waals surface area contributed by atoms with Crippen LogP contribution in [0.5, 0.6) is 5.75 Å². The molecule has 0 spiro atoms. The maximum atomic E-state index is 14.0. The Morgan fingerprint density at radius 3 is 2.76 bits per heavy atom. The second-order valence-corrected chi connectivity index (χ2v) is 9.70. The van der Waals surface area contributed by atoms with Gasteiger partial charge < -0.3 is 14.8 Å². The van der Waals surface area contributed by atoms with Gasteiger partial charge in [0.15, 0.2) is 0 Å². The van der Waals surface area contributed by atoms with E-state index in [0.717, 1.165) is 23.2 Å². The first-order valence-corrected chi connectivity index (χ1v) is 13.3. The van der Waals surface area contributed by atoms with Gasteiger partial charge in [0.05, 0.1) is 18.2 Å². The third-order valence-electron chi connectivity index (χ3n) is 6.25. The standard InChI is InChI=1S/C27H29N5O4S/c1-2-35-20-13-11-19(12-14-20)32(25(33)18-31-23-9-4-3-8-22(23)29-30-31)26(24-10-6-16-37-24)27(34)28-17-21-7-5-15-36-21/h3-4,6,8-14,16,21,26H,2,5,7,15,17-18H2,1H3,(H,28,34). The van der Waals surface area contributed by atoms with E-state index < -0.39 is 6.04 Å². The number of aromatic nitrogens is 3. The van der Waals surface area contributed by atoms with E-state index in [0.29, 0.717) is 36.7 Å². The molecule has 0 bridgehead atoms. The normalized spacial score (nSPS) is 16.0. The molecule has 2 unspecified atom stereocenters.